The lowest BCUT2D eigenvalue weighted by molar-refractivity contribution is 0.0932. The molecule has 7 nitrogen and oxygen atoms in total. The average molecular weight is 446 g/mol. The highest BCUT2D eigenvalue weighted by molar-refractivity contribution is 5.97. The quantitative estimate of drug-likeness (QED) is 0.404. The second-order valence-electron chi connectivity index (χ2n) is 8.82. The van der Waals surface area contributed by atoms with Crippen LogP contribution in [0.2, 0.25) is 0 Å². The lowest BCUT2D eigenvalue weighted by Crippen LogP contribution is -2.53. The van der Waals surface area contributed by atoms with Crippen molar-refractivity contribution < 1.29 is 9.53 Å². The van der Waals surface area contributed by atoms with Crippen LogP contribution in [-0.2, 0) is 5.41 Å². The monoisotopic (exact) mass is 445 g/mol. The van der Waals surface area contributed by atoms with Crippen molar-refractivity contribution in [2.24, 2.45) is 4.99 Å². The van der Waals surface area contributed by atoms with Gasteiger partial charge in [-0.25, -0.2) is 0 Å². The summed E-state index contributed by atoms with van der Waals surface area (Å²) in [7, 11) is 1.58. The number of likely N-dealkylation sites (tertiary alicyclic amines) is 1. The lowest BCUT2D eigenvalue weighted by Gasteiger charge is -2.42. The molecule has 0 spiro atoms. The first-order valence-corrected chi connectivity index (χ1v) is 11.6. The smallest absolute Gasteiger partial charge is 0.255 e. The van der Waals surface area contributed by atoms with Crippen molar-refractivity contribution in [3.05, 3.63) is 65.7 Å². The zero-order chi connectivity index (χ0) is 23.1. The van der Waals surface area contributed by atoms with Crippen molar-refractivity contribution in [3.63, 3.8) is 0 Å². The summed E-state index contributed by atoms with van der Waals surface area (Å²) < 4.78 is 5.37. The number of rotatable bonds is 6. The van der Waals surface area contributed by atoms with Gasteiger partial charge in [0.05, 0.1) is 12.7 Å². The number of hydrogen-bond donors (Lipinski definition) is 2. The first kappa shape index (κ1) is 22.7. The molecule has 2 N–H and O–H groups in total. The molecule has 2 aromatic rings. The summed E-state index contributed by atoms with van der Waals surface area (Å²) in [6.07, 6.45) is 6.82. The van der Waals surface area contributed by atoms with Crippen molar-refractivity contribution in [2.45, 2.75) is 43.6 Å². The number of carbonyl (C=O) groups is 1. The number of nitrogens with one attached hydrogen (secondary N) is 2. The highest BCUT2D eigenvalue weighted by Gasteiger charge is 2.38. The minimum atomic E-state index is -0.138. The molecule has 1 aliphatic heterocycles. The molecule has 1 amide bonds. The van der Waals surface area contributed by atoms with Gasteiger partial charge in [-0.05, 0) is 49.8 Å². The number of nitriles is 1. The Morgan fingerprint density at radius 3 is 2.48 bits per heavy atom. The highest BCUT2D eigenvalue weighted by atomic mass is 16.5. The van der Waals surface area contributed by atoms with Gasteiger partial charge in [-0.3, -0.25) is 4.79 Å². The van der Waals surface area contributed by atoms with Gasteiger partial charge in [0.25, 0.3) is 5.91 Å². The zero-order valence-electron chi connectivity index (χ0n) is 19.1. The summed E-state index contributed by atoms with van der Waals surface area (Å²) in [5.41, 5.74) is 1.66. The van der Waals surface area contributed by atoms with Crippen LogP contribution in [0.15, 0.2) is 59.6 Å². The highest BCUT2D eigenvalue weighted by Crippen LogP contribution is 2.39. The predicted octanol–water partition coefficient (Wildman–Crippen LogP) is 3.44. The summed E-state index contributed by atoms with van der Waals surface area (Å²) in [5.74, 6) is 1.15. The molecular formula is C26H31N5O2. The number of para-hydroxylation sites is 1. The van der Waals surface area contributed by atoms with E-state index >= 15 is 0 Å². The van der Waals surface area contributed by atoms with Crippen LogP contribution in [0, 0.1) is 11.5 Å². The minimum absolute atomic E-state index is 0.121. The fraction of sp³-hybridized carbons (Fsp3) is 0.423. The number of hydrogen-bond acceptors (Lipinski definition) is 4. The Labute approximate surface area is 195 Å². The number of benzene rings is 2. The summed E-state index contributed by atoms with van der Waals surface area (Å²) >= 11 is 0. The SMILES string of the molecule is COc1ccccc1C(=O)NC[C@]1(c2ccccc2)CC[C@H](N/C(=N\C#N)N2CCC2)CC1. The number of guanidine groups is 1. The van der Waals surface area contributed by atoms with Crippen LogP contribution < -0.4 is 15.4 Å². The van der Waals surface area contributed by atoms with Gasteiger partial charge in [0.1, 0.15) is 5.75 Å². The molecule has 2 fully saturated rings. The molecule has 1 saturated carbocycles. The summed E-state index contributed by atoms with van der Waals surface area (Å²) in [4.78, 5) is 19.1. The van der Waals surface area contributed by atoms with Gasteiger partial charge in [0.2, 0.25) is 12.2 Å². The largest absolute Gasteiger partial charge is 0.496 e. The van der Waals surface area contributed by atoms with Crippen LogP contribution in [0.25, 0.3) is 0 Å². The van der Waals surface area contributed by atoms with E-state index in [2.05, 4.69) is 44.8 Å². The van der Waals surface area contributed by atoms with Crippen LogP contribution in [0.3, 0.4) is 0 Å². The normalized spacial score (nSPS) is 22.6. The maximum atomic E-state index is 13.0. The van der Waals surface area contributed by atoms with E-state index in [0.29, 0.717) is 23.8 Å². The first-order valence-electron chi connectivity index (χ1n) is 11.6. The molecule has 0 bridgehead atoms. The second kappa shape index (κ2) is 10.4. The van der Waals surface area contributed by atoms with E-state index < -0.39 is 0 Å². The molecule has 7 heteroatoms. The van der Waals surface area contributed by atoms with E-state index in [9.17, 15) is 4.79 Å². The first-order chi connectivity index (χ1) is 16.1. The van der Waals surface area contributed by atoms with Gasteiger partial charge in [-0.1, -0.05) is 42.5 Å². The van der Waals surface area contributed by atoms with E-state index in [1.54, 1.807) is 19.2 Å². The molecule has 2 aliphatic rings. The number of ether oxygens (including phenoxy) is 1. The molecule has 1 saturated heterocycles. The maximum absolute atomic E-state index is 13.0. The van der Waals surface area contributed by atoms with Crippen molar-refractivity contribution >= 4 is 11.9 Å². The predicted molar refractivity (Wildman–Crippen MR) is 128 cm³/mol. The fourth-order valence-electron chi connectivity index (χ4n) is 4.80. The third kappa shape index (κ3) is 5.11. The zero-order valence-corrected chi connectivity index (χ0v) is 19.1. The number of aliphatic imine (C=N–C) groups is 1. The van der Waals surface area contributed by atoms with E-state index in [4.69, 9.17) is 10.00 Å². The number of methoxy groups -OCH3 is 1. The summed E-state index contributed by atoms with van der Waals surface area (Å²) in [6, 6.07) is 18.0. The van der Waals surface area contributed by atoms with E-state index in [0.717, 1.165) is 45.2 Å². The third-order valence-corrected chi connectivity index (χ3v) is 6.91. The van der Waals surface area contributed by atoms with Crippen molar-refractivity contribution in [2.75, 3.05) is 26.7 Å². The number of amides is 1. The lowest BCUT2D eigenvalue weighted by atomic mass is 9.68. The standard InChI is InChI=1S/C26H31N5O2/c1-33-23-11-6-5-10-22(23)24(32)28-18-26(20-8-3-2-4-9-20)14-12-21(13-15-26)30-25(29-19-27)31-16-7-17-31/h2-6,8-11,21H,7,12-18H2,1H3,(H,28,32)(H,29,30)/t21-,26-. The average Bonchev–Trinajstić information content (AvgIpc) is 2.83. The van der Waals surface area contributed by atoms with Gasteiger partial charge in [0.15, 0.2) is 0 Å². The molecule has 172 valence electrons. The minimum Gasteiger partial charge on any atom is -0.496 e. The molecule has 0 aromatic heterocycles. The van der Waals surface area contributed by atoms with Crippen LogP contribution >= 0.6 is 0 Å². The summed E-state index contributed by atoms with van der Waals surface area (Å²) in [6.45, 7) is 2.46. The van der Waals surface area contributed by atoms with Crippen LogP contribution in [0.5, 0.6) is 5.75 Å². The third-order valence-electron chi connectivity index (χ3n) is 6.91. The fourth-order valence-corrected chi connectivity index (χ4v) is 4.80. The molecule has 1 heterocycles. The van der Waals surface area contributed by atoms with Crippen molar-refractivity contribution in [3.8, 4) is 11.9 Å². The van der Waals surface area contributed by atoms with Crippen LogP contribution in [-0.4, -0.2) is 49.6 Å². The molecule has 0 atom stereocenters. The summed E-state index contributed by atoms with van der Waals surface area (Å²) in [5, 5.41) is 15.8. The molecule has 0 unspecified atom stereocenters. The van der Waals surface area contributed by atoms with Gasteiger partial charge >= 0.3 is 0 Å². The Bertz CT molecular complexity index is 1020. The van der Waals surface area contributed by atoms with Gasteiger partial charge < -0.3 is 20.3 Å². The van der Waals surface area contributed by atoms with E-state index in [1.165, 1.54) is 5.56 Å². The Morgan fingerprint density at radius 1 is 1.15 bits per heavy atom. The topological polar surface area (TPSA) is 89.7 Å². The Balaban J connectivity index is 1.46. The Hall–Kier alpha value is -3.53. The van der Waals surface area contributed by atoms with E-state index in [1.807, 2.05) is 24.4 Å². The molecule has 1 aliphatic carbocycles. The molecular weight excluding hydrogens is 414 g/mol. The number of carbonyl (C=O) groups excluding carboxylic acids is 1. The Morgan fingerprint density at radius 2 is 1.85 bits per heavy atom. The Kier molecular flexibility index (Phi) is 7.13. The second-order valence-corrected chi connectivity index (χ2v) is 8.82. The maximum Gasteiger partial charge on any atom is 0.255 e. The van der Waals surface area contributed by atoms with Crippen LogP contribution in [0.4, 0.5) is 0 Å². The number of nitrogens with zero attached hydrogens (tertiary/aromatic N) is 3. The molecule has 33 heavy (non-hydrogen) atoms. The van der Waals surface area contributed by atoms with Crippen molar-refractivity contribution in [1.29, 1.82) is 5.26 Å². The molecule has 0 radical (unpaired) electrons. The van der Waals surface area contributed by atoms with Crippen LogP contribution in [0.1, 0.15) is 48.0 Å². The molecule has 4 rings (SSSR count). The van der Waals surface area contributed by atoms with Gasteiger partial charge in [0, 0.05) is 31.1 Å². The van der Waals surface area contributed by atoms with Gasteiger partial charge in [-0.2, -0.15) is 5.26 Å². The van der Waals surface area contributed by atoms with Gasteiger partial charge in [-0.15, -0.1) is 4.99 Å². The molecule has 2 aromatic carbocycles. The van der Waals surface area contributed by atoms with E-state index in [-0.39, 0.29) is 17.4 Å². The van der Waals surface area contributed by atoms with Crippen molar-refractivity contribution in [1.82, 2.24) is 15.5 Å².